The van der Waals surface area contributed by atoms with Crippen LogP contribution in [0.15, 0.2) is 0 Å². The van der Waals surface area contributed by atoms with Gasteiger partial charge in [-0.1, -0.05) is 96.8 Å². The number of piperidine rings is 3. The molecule has 2 bridgehead atoms. The fourth-order valence-electron chi connectivity index (χ4n) is 5.15. The summed E-state index contributed by atoms with van der Waals surface area (Å²) in [7, 11) is 0. The first-order valence-corrected chi connectivity index (χ1v) is 11.8. The Bertz CT molecular complexity index is 326. The lowest BCUT2D eigenvalue weighted by molar-refractivity contribution is -0.0245. The molecule has 0 amide bonds. The zero-order valence-corrected chi connectivity index (χ0v) is 18.5. The smallest absolute Gasteiger partial charge is 0.0577 e. The van der Waals surface area contributed by atoms with E-state index in [0.29, 0.717) is 11.6 Å². The van der Waals surface area contributed by atoms with Gasteiger partial charge >= 0.3 is 0 Å². The van der Waals surface area contributed by atoms with E-state index in [1.807, 2.05) is 0 Å². The maximum Gasteiger partial charge on any atom is 0.0577 e. The third kappa shape index (κ3) is 8.93. The lowest BCUT2D eigenvalue weighted by Gasteiger charge is -2.52. The Labute approximate surface area is 170 Å². The molecule has 2 nitrogen and oxygen atoms in total. The topological polar surface area (TPSA) is 29.3 Å². The number of nitrogens with zero attached hydrogens (tertiary/aromatic N) is 1. The van der Waals surface area contributed by atoms with Gasteiger partial charge in [0.15, 0.2) is 0 Å². The van der Waals surface area contributed by atoms with E-state index in [2.05, 4.69) is 11.8 Å². The van der Waals surface area contributed by atoms with Gasteiger partial charge in [0, 0.05) is 13.1 Å². The lowest BCUT2D eigenvalue weighted by atomic mass is 9.68. The van der Waals surface area contributed by atoms with Crippen LogP contribution in [0, 0.1) is 5.41 Å². The van der Waals surface area contributed by atoms with Crippen LogP contribution >= 0.6 is 12.4 Å². The van der Waals surface area contributed by atoms with E-state index in [0.717, 1.165) is 0 Å². The van der Waals surface area contributed by atoms with Crippen molar-refractivity contribution in [1.82, 2.24) is 4.90 Å². The molecule has 3 aliphatic rings. The van der Waals surface area contributed by atoms with Crippen LogP contribution in [-0.4, -0.2) is 24.2 Å². The highest BCUT2D eigenvalue weighted by molar-refractivity contribution is 5.85. The minimum atomic E-state index is 0. The van der Waals surface area contributed by atoms with Crippen molar-refractivity contribution in [2.45, 2.75) is 129 Å². The number of hydrogen-bond acceptors (Lipinski definition) is 2. The van der Waals surface area contributed by atoms with Crippen molar-refractivity contribution in [2.24, 2.45) is 11.1 Å². The number of hydrogen-bond donors (Lipinski definition) is 1. The fraction of sp³-hybridized carbons (Fsp3) is 1.00. The summed E-state index contributed by atoms with van der Waals surface area (Å²) in [5.74, 6) is 0. The number of fused-ring (bicyclic) bond motifs is 3. The summed E-state index contributed by atoms with van der Waals surface area (Å²) in [5, 5.41) is 0. The van der Waals surface area contributed by atoms with Crippen LogP contribution in [0.25, 0.3) is 0 Å². The lowest BCUT2D eigenvalue weighted by Crippen LogP contribution is -2.57. The minimum Gasteiger partial charge on any atom is -0.316 e. The molecule has 1 unspecified atom stereocenters. The Morgan fingerprint density at radius 3 is 1.58 bits per heavy atom. The van der Waals surface area contributed by atoms with Crippen LogP contribution in [0.5, 0.6) is 0 Å². The first kappa shape index (κ1) is 24.2. The van der Waals surface area contributed by atoms with Gasteiger partial charge in [0.1, 0.15) is 0 Å². The predicted molar refractivity (Wildman–Crippen MR) is 118 cm³/mol. The summed E-state index contributed by atoms with van der Waals surface area (Å²) in [6.07, 6.45) is 26.4. The maximum atomic E-state index is 6.28. The average Bonchev–Trinajstić information content (AvgIpc) is 2.63. The largest absolute Gasteiger partial charge is 0.316 e. The van der Waals surface area contributed by atoms with Crippen molar-refractivity contribution in [1.29, 1.82) is 0 Å². The second-order valence-electron chi connectivity index (χ2n) is 9.15. The Balaban J connectivity index is 0.00000338. The van der Waals surface area contributed by atoms with E-state index in [9.17, 15) is 0 Å². The van der Waals surface area contributed by atoms with Gasteiger partial charge in [0.05, 0.1) is 6.17 Å². The quantitative estimate of drug-likeness (QED) is 0.305. The summed E-state index contributed by atoms with van der Waals surface area (Å²) >= 11 is 0. The zero-order valence-electron chi connectivity index (χ0n) is 17.7. The van der Waals surface area contributed by atoms with E-state index in [1.165, 1.54) is 129 Å². The zero-order chi connectivity index (χ0) is 17.8. The number of unbranched alkanes of at least 4 members (excludes halogenated alkanes) is 13. The Kier molecular flexibility index (Phi) is 13.3. The highest BCUT2D eigenvalue weighted by Gasteiger charge is 2.42. The average molecular weight is 387 g/mol. The normalized spacial score (nSPS) is 27.5. The van der Waals surface area contributed by atoms with Gasteiger partial charge < -0.3 is 5.73 Å². The number of rotatable bonds is 15. The van der Waals surface area contributed by atoms with Crippen molar-refractivity contribution < 1.29 is 0 Å². The summed E-state index contributed by atoms with van der Waals surface area (Å²) in [6.45, 7) is 4.83. The molecule has 0 aliphatic carbocycles. The summed E-state index contributed by atoms with van der Waals surface area (Å²) in [5.41, 5.74) is 6.91. The molecular formula is C23H47ClN2. The molecule has 0 aromatic heterocycles. The van der Waals surface area contributed by atoms with Gasteiger partial charge in [-0.05, 0) is 31.1 Å². The molecule has 0 saturated carbocycles. The van der Waals surface area contributed by atoms with Crippen molar-refractivity contribution in [3.05, 3.63) is 0 Å². The van der Waals surface area contributed by atoms with Crippen molar-refractivity contribution >= 4 is 12.4 Å². The van der Waals surface area contributed by atoms with E-state index < -0.39 is 0 Å². The van der Waals surface area contributed by atoms with Crippen LogP contribution in [0.3, 0.4) is 0 Å². The van der Waals surface area contributed by atoms with Crippen LogP contribution in [0.4, 0.5) is 0 Å². The van der Waals surface area contributed by atoms with Crippen LogP contribution in [0.1, 0.15) is 122 Å². The van der Waals surface area contributed by atoms with Gasteiger partial charge in [0.25, 0.3) is 0 Å². The fourth-order valence-corrected chi connectivity index (χ4v) is 5.15. The molecule has 3 saturated heterocycles. The molecule has 0 radical (unpaired) electrons. The monoisotopic (exact) mass is 386 g/mol. The molecule has 0 spiro atoms. The molecule has 26 heavy (non-hydrogen) atoms. The molecule has 0 aromatic rings. The Morgan fingerprint density at radius 1 is 0.731 bits per heavy atom. The van der Waals surface area contributed by atoms with Gasteiger partial charge in [0.2, 0.25) is 0 Å². The molecule has 3 heterocycles. The third-order valence-electron chi connectivity index (χ3n) is 7.03. The molecule has 3 heteroatoms. The van der Waals surface area contributed by atoms with Gasteiger partial charge in [-0.2, -0.15) is 0 Å². The Morgan fingerprint density at radius 2 is 1.15 bits per heavy atom. The predicted octanol–water partition coefficient (Wildman–Crippen LogP) is 7.05. The van der Waals surface area contributed by atoms with Crippen molar-refractivity contribution in [3.8, 4) is 0 Å². The standard InChI is InChI=1S/C23H46N2.ClH/c1-2-3-4-5-6-7-8-9-10-11-12-13-14-15-16-23-17-19-25(20-18-23)22(24)21-23;/h22H,2-21,24H2,1H3;1H. The molecule has 156 valence electrons. The minimum absolute atomic E-state index is 0. The van der Waals surface area contributed by atoms with Crippen LogP contribution in [-0.2, 0) is 0 Å². The van der Waals surface area contributed by atoms with Crippen molar-refractivity contribution in [2.75, 3.05) is 13.1 Å². The first-order chi connectivity index (χ1) is 12.3. The van der Waals surface area contributed by atoms with E-state index in [-0.39, 0.29) is 12.4 Å². The second-order valence-corrected chi connectivity index (χ2v) is 9.15. The number of nitrogens with two attached hydrogens (primary N) is 1. The van der Waals surface area contributed by atoms with Crippen LogP contribution < -0.4 is 5.73 Å². The first-order valence-electron chi connectivity index (χ1n) is 11.8. The Hall–Kier alpha value is 0.210. The summed E-state index contributed by atoms with van der Waals surface area (Å²) in [4.78, 5) is 2.49. The molecule has 2 N–H and O–H groups in total. The van der Waals surface area contributed by atoms with Gasteiger partial charge in [-0.15, -0.1) is 12.4 Å². The van der Waals surface area contributed by atoms with Gasteiger partial charge in [-0.3, -0.25) is 4.90 Å². The highest BCUT2D eigenvalue weighted by atomic mass is 35.5. The van der Waals surface area contributed by atoms with E-state index in [1.54, 1.807) is 0 Å². The maximum absolute atomic E-state index is 6.28. The summed E-state index contributed by atoms with van der Waals surface area (Å²) in [6, 6.07) is 0. The van der Waals surface area contributed by atoms with E-state index in [4.69, 9.17) is 5.73 Å². The third-order valence-corrected chi connectivity index (χ3v) is 7.03. The molecule has 0 aromatic carbocycles. The van der Waals surface area contributed by atoms with E-state index >= 15 is 0 Å². The van der Waals surface area contributed by atoms with Crippen molar-refractivity contribution in [3.63, 3.8) is 0 Å². The molecule has 1 atom stereocenters. The number of halogens is 1. The van der Waals surface area contributed by atoms with Crippen LogP contribution in [0.2, 0.25) is 0 Å². The SMILES string of the molecule is CCCCCCCCCCCCCCCCC12CCN(CC1)C(N)C2.Cl. The summed E-state index contributed by atoms with van der Waals surface area (Å²) < 4.78 is 0. The van der Waals surface area contributed by atoms with Gasteiger partial charge in [-0.25, -0.2) is 0 Å². The molecule has 3 aliphatic heterocycles. The second kappa shape index (κ2) is 14.2. The molecule has 3 fully saturated rings. The molecular weight excluding hydrogens is 340 g/mol. The molecule has 3 rings (SSSR count). The highest BCUT2D eigenvalue weighted by Crippen LogP contribution is 2.45.